The molecule has 1 atom stereocenters. The third kappa shape index (κ3) is 1.88. The normalized spacial score (nSPS) is 21.8. The van der Waals surface area contributed by atoms with E-state index in [1.165, 1.54) is 0 Å². The van der Waals surface area contributed by atoms with Gasteiger partial charge in [-0.25, -0.2) is 0 Å². The van der Waals surface area contributed by atoms with Crippen LogP contribution in [0, 0.1) is 20.2 Å². The topological polar surface area (TPSA) is 107 Å². The van der Waals surface area contributed by atoms with E-state index >= 15 is 0 Å². The molecule has 13 heavy (non-hydrogen) atoms. The molecule has 0 aliphatic heterocycles. The first kappa shape index (κ1) is 9.33. The van der Waals surface area contributed by atoms with E-state index in [2.05, 4.69) is 0 Å². The molecule has 0 heterocycles. The molecule has 1 N–H and O–H groups in total. The van der Waals surface area contributed by atoms with Crippen molar-refractivity contribution in [3.05, 3.63) is 43.8 Å². The van der Waals surface area contributed by atoms with E-state index in [4.69, 9.17) is 5.11 Å². The highest BCUT2D eigenvalue weighted by Gasteiger charge is 2.29. The zero-order chi connectivity index (χ0) is 10.0. The van der Waals surface area contributed by atoms with Gasteiger partial charge >= 0.3 is 0 Å². The summed E-state index contributed by atoms with van der Waals surface area (Å²) in [6, 6.07) is 0. The van der Waals surface area contributed by atoms with E-state index < -0.39 is 21.6 Å². The molecule has 0 amide bonds. The van der Waals surface area contributed by atoms with Crippen LogP contribution >= 0.6 is 0 Å². The number of hydrogen-bond acceptors (Lipinski definition) is 5. The average molecular weight is 186 g/mol. The second-order valence-corrected chi connectivity index (χ2v) is 2.46. The van der Waals surface area contributed by atoms with Gasteiger partial charge in [-0.2, -0.15) is 0 Å². The molecule has 7 heteroatoms. The molecule has 70 valence electrons. The lowest BCUT2D eigenvalue weighted by Gasteiger charge is -2.08. The van der Waals surface area contributed by atoms with Crippen molar-refractivity contribution >= 4 is 0 Å². The third-order valence-corrected chi connectivity index (χ3v) is 1.61. The Morgan fingerprint density at radius 3 is 2.46 bits per heavy atom. The van der Waals surface area contributed by atoms with Crippen LogP contribution in [0.25, 0.3) is 0 Å². The highest BCUT2D eigenvalue weighted by molar-refractivity contribution is 5.21. The third-order valence-electron chi connectivity index (χ3n) is 1.61. The van der Waals surface area contributed by atoms with Crippen molar-refractivity contribution in [2.24, 2.45) is 0 Å². The van der Waals surface area contributed by atoms with Crippen LogP contribution in [0.3, 0.4) is 0 Å². The van der Waals surface area contributed by atoms with Crippen molar-refractivity contribution in [3.63, 3.8) is 0 Å². The van der Waals surface area contributed by atoms with Gasteiger partial charge in [-0.1, -0.05) is 0 Å². The first-order valence-corrected chi connectivity index (χ1v) is 3.41. The van der Waals surface area contributed by atoms with Crippen LogP contribution in [0.1, 0.15) is 6.42 Å². The van der Waals surface area contributed by atoms with Gasteiger partial charge in [-0.3, -0.25) is 20.2 Å². The fourth-order valence-corrected chi connectivity index (χ4v) is 0.961. The summed E-state index contributed by atoms with van der Waals surface area (Å²) in [4.78, 5) is 18.9. The first-order chi connectivity index (χ1) is 6.02. The molecule has 0 aromatic carbocycles. The van der Waals surface area contributed by atoms with Crippen LogP contribution in [0.5, 0.6) is 0 Å². The number of rotatable bonds is 2. The molecule has 0 saturated heterocycles. The summed E-state index contributed by atoms with van der Waals surface area (Å²) in [5.74, 6) is 0. The molecule has 1 aliphatic carbocycles. The van der Waals surface area contributed by atoms with Gasteiger partial charge in [0.25, 0.3) is 11.4 Å². The van der Waals surface area contributed by atoms with Crippen molar-refractivity contribution < 1.29 is 15.0 Å². The maximum Gasteiger partial charge on any atom is 0.281 e. The van der Waals surface area contributed by atoms with Crippen LogP contribution in [-0.4, -0.2) is 21.1 Å². The quantitative estimate of drug-likeness (QED) is 0.485. The molecule has 1 rings (SSSR count). The molecule has 1 unspecified atom stereocenters. The van der Waals surface area contributed by atoms with Gasteiger partial charge in [0, 0.05) is 6.42 Å². The molecule has 1 aliphatic rings. The Morgan fingerprint density at radius 1 is 1.38 bits per heavy atom. The second-order valence-electron chi connectivity index (χ2n) is 2.46. The molecular formula is C6H6N2O5. The average Bonchev–Trinajstić information content (AvgIpc) is 2.04. The monoisotopic (exact) mass is 186 g/mol. The van der Waals surface area contributed by atoms with Crippen molar-refractivity contribution in [1.82, 2.24) is 0 Å². The van der Waals surface area contributed by atoms with Gasteiger partial charge in [-0.05, 0) is 6.08 Å². The molecule has 0 radical (unpaired) electrons. The molecular weight excluding hydrogens is 180 g/mol. The van der Waals surface area contributed by atoms with E-state index in [1.54, 1.807) is 0 Å². The predicted octanol–water partition coefficient (Wildman–Crippen LogP) is 0.0722. The minimum Gasteiger partial charge on any atom is -0.381 e. The van der Waals surface area contributed by atoms with Crippen molar-refractivity contribution in [2.45, 2.75) is 12.5 Å². The Kier molecular flexibility index (Phi) is 2.38. The van der Waals surface area contributed by atoms with Crippen LogP contribution in [-0.2, 0) is 0 Å². The molecule has 0 fully saturated rings. The molecule has 0 aromatic heterocycles. The number of nitro groups is 2. The Balaban J connectivity index is 2.98. The van der Waals surface area contributed by atoms with Gasteiger partial charge in [0.05, 0.1) is 15.9 Å². The van der Waals surface area contributed by atoms with Gasteiger partial charge in [0.15, 0.2) is 0 Å². The molecule has 0 aromatic rings. The highest BCUT2D eigenvalue weighted by atomic mass is 16.6. The van der Waals surface area contributed by atoms with E-state index in [1.807, 2.05) is 0 Å². The van der Waals surface area contributed by atoms with E-state index in [9.17, 15) is 20.2 Å². The van der Waals surface area contributed by atoms with Crippen LogP contribution in [0.4, 0.5) is 0 Å². The summed E-state index contributed by atoms with van der Waals surface area (Å²) in [5, 5.41) is 29.5. The number of allylic oxidation sites excluding steroid dienone is 1. The zero-order valence-electron chi connectivity index (χ0n) is 6.41. The maximum atomic E-state index is 10.3. The number of hydrogen-bond donors (Lipinski definition) is 1. The van der Waals surface area contributed by atoms with Crippen molar-refractivity contribution in [1.29, 1.82) is 0 Å². The summed E-state index contributed by atoms with van der Waals surface area (Å²) in [7, 11) is 0. The first-order valence-electron chi connectivity index (χ1n) is 3.41. The van der Waals surface area contributed by atoms with Crippen molar-refractivity contribution in [2.75, 3.05) is 0 Å². The largest absolute Gasteiger partial charge is 0.381 e. The lowest BCUT2D eigenvalue weighted by molar-refractivity contribution is -0.444. The van der Waals surface area contributed by atoms with E-state index in [-0.39, 0.29) is 12.1 Å². The summed E-state index contributed by atoms with van der Waals surface area (Å²) in [5.41, 5.74) is -0.883. The maximum absolute atomic E-state index is 10.3. The minimum absolute atomic E-state index is 0.0941. The summed E-state index contributed by atoms with van der Waals surface area (Å²) in [6.45, 7) is 0. The Labute approximate surface area is 72.3 Å². The zero-order valence-corrected chi connectivity index (χ0v) is 6.41. The molecule has 7 nitrogen and oxygen atoms in total. The summed E-state index contributed by atoms with van der Waals surface area (Å²) in [6.07, 6.45) is 0.577. The lowest BCUT2D eigenvalue weighted by Crippen LogP contribution is -2.20. The summed E-state index contributed by atoms with van der Waals surface area (Å²) >= 11 is 0. The number of nitrogens with zero attached hydrogens (tertiary/aromatic N) is 2. The Hall–Kier alpha value is -1.76. The van der Waals surface area contributed by atoms with Crippen LogP contribution in [0.15, 0.2) is 23.5 Å². The lowest BCUT2D eigenvalue weighted by atomic mass is 10.1. The molecule has 0 bridgehead atoms. The van der Waals surface area contributed by atoms with Gasteiger partial charge in [0.2, 0.25) is 0 Å². The fraction of sp³-hybridized carbons (Fsp3) is 0.333. The van der Waals surface area contributed by atoms with Gasteiger partial charge < -0.3 is 5.11 Å². The predicted molar refractivity (Wildman–Crippen MR) is 40.8 cm³/mol. The standard InChI is InChI=1S/C6H6N2O5/c9-6-2-1-4(7(10)11)3-5(6)8(12)13/h1,3,6,9H,2H2. The Morgan fingerprint density at radius 2 is 2.00 bits per heavy atom. The van der Waals surface area contributed by atoms with Crippen LogP contribution in [0.2, 0.25) is 0 Å². The number of aliphatic hydroxyl groups is 1. The SMILES string of the molecule is O=[N+]([O-])C1=CCC(O)C([N+](=O)[O-])=C1. The smallest absolute Gasteiger partial charge is 0.281 e. The molecule has 0 spiro atoms. The van der Waals surface area contributed by atoms with Gasteiger partial charge in [0.1, 0.15) is 6.10 Å². The summed E-state index contributed by atoms with van der Waals surface area (Å²) < 4.78 is 0. The second kappa shape index (κ2) is 3.31. The molecule has 0 saturated carbocycles. The van der Waals surface area contributed by atoms with E-state index in [0.29, 0.717) is 0 Å². The minimum atomic E-state index is -1.25. The number of aliphatic hydroxyl groups excluding tert-OH is 1. The van der Waals surface area contributed by atoms with Crippen LogP contribution < -0.4 is 0 Å². The van der Waals surface area contributed by atoms with Gasteiger partial charge in [-0.15, -0.1) is 0 Å². The Bertz CT molecular complexity index is 319. The fourth-order valence-electron chi connectivity index (χ4n) is 0.961. The van der Waals surface area contributed by atoms with E-state index in [0.717, 1.165) is 12.2 Å². The van der Waals surface area contributed by atoms with Crippen molar-refractivity contribution in [3.8, 4) is 0 Å². The highest BCUT2D eigenvalue weighted by Crippen LogP contribution is 2.18.